The molecular weight excluding hydrogens is 253 g/mol. The summed E-state index contributed by atoms with van der Waals surface area (Å²) in [4.78, 5) is 0. The lowest BCUT2D eigenvalue weighted by Gasteiger charge is -2.22. The van der Waals surface area contributed by atoms with Gasteiger partial charge in [-0.25, -0.2) is 4.39 Å². The molecule has 20 heavy (non-hydrogen) atoms. The first kappa shape index (κ1) is 13.5. The van der Waals surface area contributed by atoms with Gasteiger partial charge in [-0.2, -0.15) is 0 Å². The van der Waals surface area contributed by atoms with Gasteiger partial charge in [-0.05, 0) is 55.2 Å². The number of ether oxygens (including phenoxy) is 1. The number of nitrogens with two attached hydrogens (primary N) is 1. The van der Waals surface area contributed by atoms with Crippen LogP contribution in [0.1, 0.15) is 31.2 Å². The molecule has 2 aliphatic carbocycles. The summed E-state index contributed by atoms with van der Waals surface area (Å²) in [6, 6.07) is 4.51. The third-order valence-corrected chi connectivity index (χ3v) is 4.60. The highest BCUT2D eigenvalue weighted by atomic mass is 19.1. The summed E-state index contributed by atoms with van der Waals surface area (Å²) < 4.78 is 19.2. The zero-order valence-electron chi connectivity index (χ0n) is 11.6. The largest absolute Gasteiger partial charge is 0.492 e. The molecule has 1 aromatic carbocycles. The smallest absolute Gasteiger partial charge is 0.135 e. The molecule has 2 nitrogen and oxygen atoms in total. The molecule has 0 aliphatic heterocycles. The van der Waals surface area contributed by atoms with Crippen LogP contribution in [0, 0.1) is 35.4 Å². The molecule has 0 aromatic heterocycles. The number of fused-ring (bicyclic) bond motifs is 2. The molecule has 2 fully saturated rings. The van der Waals surface area contributed by atoms with Crippen molar-refractivity contribution in [3.8, 4) is 17.6 Å². The first-order valence-electron chi connectivity index (χ1n) is 7.37. The second-order valence-electron chi connectivity index (χ2n) is 5.89. The zero-order chi connectivity index (χ0) is 13.9. The second kappa shape index (κ2) is 5.85. The predicted octanol–water partition coefficient (Wildman–Crippen LogP) is 2.95. The van der Waals surface area contributed by atoms with Crippen molar-refractivity contribution in [3.05, 3.63) is 29.6 Å². The molecule has 0 radical (unpaired) electrons. The van der Waals surface area contributed by atoms with E-state index in [9.17, 15) is 4.39 Å². The lowest BCUT2D eigenvalue weighted by molar-refractivity contribution is 0.195. The fourth-order valence-corrected chi connectivity index (χ4v) is 3.65. The van der Waals surface area contributed by atoms with Crippen LogP contribution in [0.25, 0.3) is 0 Å². The van der Waals surface area contributed by atoms with Gasteiger partial charge in [-0.3, -0.25) is 0 Å². The van der Waals surface area contributed by atoms with E-state index in [1.165, 1.54) is 37.8 Å². The second-order valence-corrected chi connectivity index (χ2v) is 5.89. The summed E-state index contributed by atoms with van der Waals surface area (Å²) >= 11 is 0. The molecule has 0 amide bonds. The number of benzene rings is 1. The van der Waals surface area contributed by atoms with Crippen LogP contribution in [-0.2, 0) is 0 Å². The van der Waals surface area contributed by atoms with E-state index in [0.29, 0.717) is 17.2 Å². The van der Waals surface area contributed by atoms with Crippen molar-refractivity contribution in [2.45, 2.75) is 25.7 Å². The molecular formula is C17H20FNO. The first-order chi connectivity index (χ1) is 9.76. The monoisotopic (exact) mass is 273 g/mol. The van der Waals surface area contributed by atoms with Crippen molar-refractivity contribution in [2.24, 2.45) is 23.5 Å². The summed E-state index contributed by atoms with van der Waals surface area (Å²) in [6.45, 7) is 0.992. The van der Waals surface area contributed by atoms with Crippen LogP contribution in [-0.4, -0.2) is 13.2 Å². The Morgan fingerprint density at radius 3 is 2.90 bits per heavy atom. The van der Waals surface area contributed by atoms with Crippen LogP contribution in [0.5, 0.6) is 5.75 Å². The summed E-state index contributed by atoms with van der Waals surface area (Å²) in [6.07, 6.45) is 5.40. The zero-order valence-corrected chi connectivity index (χ0v) is 11.6. The van der Waals surface area contributed by atoms with Crippen molar-refractivity contribution >= 4 is 0 Å². The topological polar surface area (TPSA) is 35.2 Å². The number of hydrogen-bond acceptors (Lipinski definition) is 2. The molecule has 2 saturated carbocycles. The Hall–Kier alpha value is -1.53. The van der Waals surface area contributed by atoms with E-state index in [4.69, 9.17) is 10.5 Å². The minimum absolute atomic E-state index is 0.266. The van der Waals surface area contributed by atoms with E-state index in [0.717, 1.165) is 18.4 Å². The average molecular weight is 273 g/mol. The highest BCUT2D eigenvalue weighted by Gasteiger charge is 2.39. The Morgan fingerprint density at radius 2 is 2.20 bits per heavy atom. The predicted molar refractivity (Wildman–Crippen MR) is 76.8 cm³/mol. The van der Waals surface area contributed by atoms with E-state index in [-0.39, 0.29) is 12.4 Å². The van der Waals surface area contributed by atoms with Crippen molar-refractivity contribution in [3.63, 3.8) is 0 Å². The van der Waals surface area contributed by atoms with E-state index < -0.39 is 0 Å². The Bertz CT molecular complexity index is 546. The van der Waals surface area contributed by atoms with E-state index in [2.05, 4.69) is 11.8 Å². The third-order valence-electron chi connectivity index (χ3n) is 4.60. The molecule has 3 unspecified atom stereocenters. The molecule has 2 aliphatic rings. The van der Waals surface area contributed by atoms with Crippen LogP contribution >= 0.6 is 0 Å². The van der Waals surface area contributed by atoms with Gasteiger partial charge in [0.05, 0.1) is 18.7 Å². The van der Waals surface area contributed by atoms with Crippen LogP contribution in [0.4, 0.5) is 4.39 Å². The van der Waals surface area contributed by atoms with Gasteiger partial charge in [0.2, 0.25) is 0 Å². The van der Waals surface area contributed by atoms with Crippen molar-refractivity contribution in [1.29, 1.82) is 0 Å². The van der Waals surface area contributed by atoms with Crippen LogP contribution in [0.15, 0.2) is 18.2 Å². The van der Waals surface area contributed by atoms with Gasteiger partial charge in [-0.15, -0.1) is 0 Å². The van der Waals surface area contributed by atoms with Gasteiger partial charge in [0.15, 0.2) is 0 Å². The summed E-state index contributed by atoms with van der Waals surface area (Å²) in [7, 11) is 0. The van der Waals surface area contributed by atoms with Gasteiger partial charge in [0.1, 0.15) is 11.6 Å². The van der Waals surface area contributed by atoms with Crippen molar-refractivity contribution < 1.29 is 9.13 Å². The van der Waals surface area contributed by atoms with Gasteiger partial charge >= 0.3 is 0 Å². The maximum Gasteiger partial charge on any atom is 0.135 e. The molecule has 0 spiro atoms. The summed E-state index contributed by atoms with van der Waals surface area (Å²) in [5.74, 6) is 8.43. The quantitative estimate of drug-likeness (QED) is 0.859. The molecule has 0 saturated heterocycles. The maximum atomic E-state index is 13.3. The Kier molecular flexibility index (Phi) is 3.93. The van der Waals surface area contributed by atoms with Gasteiger partial charge in [-0.1, -0.05) is 18.3 Å². The molecule has 2 bridgehead atoms. The van der Waals surface area contributed by atoms with Crippen molar-refractivity contribution in [2.75, 3.05) is 13.2 Å². The Labute approximate surface area is 119 Å². The fraction of sp³-hybridized carbons (Fsp3) is 0.529. The van der Waals surface area contributed by atoms with Crippen LogP contribution in [0.2, 0.25) is 0 Å². The minimum atomic E-state index is -0.293. The molecule has 1 aromatic rings. The lowest BCUT2D eigenvalue weighted by atomic mass is 9.89. The van der Waals surface area contributed by atoms with Gasteiger partial charge in [0.25, 0.3) is 0 Å². The molecule has 0 heterocycles. The van der Waals surface area contributed by atoms with Gasteiger partial charge in [0, 0.05) is 0 Å². The number of halogens is 1. The van der Waals surface area contributed by atoms with E-state index >= 15 is 0 Å². The van der Waals surface area contributed by atoms with Crippen LogP contribution in [0.3, 0.4) is 0 Å². The summed E-state index contributed by atoms with van der Waals surface area (Å²) in [5, 5.41) is 0. The van der Waals surface area contributed by atoms with Crippen molar-refractivity contribution in [1.82, 2.24) is 0 Å². The standard InChI is InChI=1S/C17H20FNO/c18-16-5-6-17(14(10-16)2-1-7-19)20-11-15-9-12-3-4-13(15)8-12/h5-6,10,12-13,15H,3-4,7-9,11,19H2. The van der Waals surface area contributed by atoms with Crippen LogP contribution < -0.4 is 10.5 Å². The Morgan fingerprint density at radius 1 is 1.30 bits per heavy atom. The highest BCUT2D eigenvalue weighted by molar-refractivity contribution is 5.46. The molecule has 2 N–H and O–H groups in total. The SMILES string of the molecule is NCC#Cc1cc(F)ccc1OCC1CC2CCC1C2. The van der Waals surface area contributed by atoms with Gasteiger partial charge < -0.3 is 10.5 Å². The number of hydrogen-bond donors (Lipinski definition) is 1. The van der Waals surface area contributed by atoms with E-state index in [1.807, 2.05) is 0 Å². The maximum absolute atomic E-state index is 13.3. The molecule has 3 rings (SSSR count). The molecule has 3 atom stereocenters. The average Bonchev–Trinajstić information content (AvgIpc) is 3.06. The highest BCUT2D eigenvalue weighted by Crippen LogP contribution is 2.48. The Balaban J connectivity index is 1.67. The first-order valence-corrected chi connectivity index (χ1v) is 7.37. The fourth-order valence-electron chi connectivity index (χ4n) is 3.65. The minimum Gasteiger partial charge on any atom is -0.492 e. The molecule has 3 heteroatoms. The summed E-state index contributed by atoms with van der Waals surface area (Å²) in [5.41, 5.74) is 5.97. The molecule has 106 valence electrons. The number of rotatable bonds is 3. The normalized spacial score (nSPS) is 27.2. The lowest BCUT2D eigenvalue weighted by Crippen LogP contribution is -2.18. The third kappa shape index (κ3) is 2.81. The van der Waals surface area contributed by atoms with E-state index in [1.54, 1.807) is 6.07 Å².